The molecule has 0 amide bonds. The molecule has 17 heavy (non-hydrogen) atoms. The minimum atomic E-state index is -0.185. The molecular formula is C12H22ClN3O. The van der Waals surface area contributed by atoms with E-state index in [9.17, 15) is 0 Å². The van der Waals surface area contributed by atoms with E-state index in [2.05, 4.69) is 30.9 Å². The van der Waals surface area contributed by atoms with Crippen LogP contribution in [0.3, 0.4) is 0 Å². The highest BCUT2D eigenvalue weighted by Crippen LogP contribution is 2.34. The molecule has 0 saturated heterocycles. The second-order valence-electron chi connectivity index (χ2n) is 5.82. The van der Waals surface area contributed by atoms with Crippen molar-refractivity contribution in [3.05, 3.63) is 11.7 Å². The molecule has 1 fully saturated rings. The van der Waals surface area contributed by atoms with E-state index in [0.717, 1.165) is 5.82 Å². The van der Waals surface area contributed by atoms with E-state index >= 15 is 0 Å². The van der Waals surface area contributed by atoms with Crippen LogP contribution in [0, 0.1) is 5.41 Å². The quantitative estimate of drug-likeness (QED) is 0.886. The van der Waals surface area contributed by atoms with Crippen molar-refractivity contribution in [2.75, 3.05) is 0 Å². The molecule has 2 N–H and O–H groups in total. The minimum absolute atomic E-state index is 0. The minimum Gasteiger partial charge on any atom is -0.338 e. The van der Waals surface area contributed by atoms with Gasteiger partial charge in [0.15, 0.2) is 5.82 Å². The van der Waals surface area contributed by atoms with Crippen LogP contribution < -0.4 is 5.73 Å². The van der Waals surface area contributed by atoms with Gasteiger partial charge in [0.25, 0.3) is 0 Å². The Hall–Kier alpha value is -0.610. The normalized spacial score (nSPS) is 19.1. The van der Waals surface area contributed by atoms with Crippen LogP contribution in [0.4, 0.5) is 0 Å². The molecule has 1 aromatic heterocycles. The van der Waals surface area contributed by atoms with Crippen molar-refractivity contribution in [3.63, 3.8) is 0 Å². The van der Waals surface area contributed by atoms with Crippen molar-refractivity contribution in [1.29, 1.82) is 0 Å². The van der Waals surface area contributed by atoms with E-state index in [-0.39, 0.29) is 23.9 Å². The second-order valence-corrected chi connectivity index (χ2v) is 5.82. The molecule has 1 aliphatic carbocycles. The lowest BCUT2D eigenvalue weighted by molar-refractivity contribution is 0.252. The van der Waals surface area contributed by atoms with E-state index in [0.29, 0.717) is 11.8 Å². The van der Waals surface area contributed by atoms with E-state index in [1.165, 1.54) is 25.7 Å². The Morgan fingerprint density at radius 3 is 2.41 bits per heavy atom. The summed E-state index contributed by atoms with van der Waals surface area (Å²) in [7, 11) is 0. The topological polar surface area (TPSA) is 64.9 Å². The molecule has 0 radical (unpaired) electrons. The molecule has 1 aliphatic rings. The number of nitrogens with zero attached hydrogens (tertiary/aromatic N) is 2. The molecule has 0 unspecified atom stereocenters. The molecule has 0 aliphatic heterocycles. The summed E-state index contributed by atoms with van der Waals surface area (Å²) in [6.07, 6.45) is 4.92. The van der Waals surface area contributed by atoms with Crippen molar-refractivity contribution >= 4 is 12.4 Å². The Balaban J connectivity index is 0.00000144. The maximum Gasteiger partial charge on any atom is 0.244 e. The summed E-state index contributed by atoms with van der Waals surface area (Å²) in [6, 6.07) is -0.185. The number of aromatic nitrogens is 2. The van der Waals surface area contributed by atoms with Gasteiger partial charge in [0, 0.05) is 5.92 Å². The lowest BCUT2D eigenvalue weighted by atomic mass is 9.87. The largest absolute Gasteiger partial charge is 0.338 e. The molecule has 1 saturated carbocycles. The summed E-state index contributed by atoms with van der Waals surface area (Å²) >= 11 is 0. The molecule has 1 atom stereocenters. The maximum atomic E-state index is 6.09. The number of nitrogens with two attached hydrogens (primary N) is 1. The highest BCUT2D eigenvalue weighted by molar-refractivity contribution is 5.85. The predicted octanol–water partition coefficient (Wildman–Crippen LogP) is 3.19. The first-order valence-corrected chi connectivity index (χ1v) is 6.07. The average molecular weight is 260 g/mol. The zero-order valence-corrected chi connectivity index (χ0v) is 11.6. The molecule has 1 heterocycles. The fourth-order valence-electron chi connectivity index (χ4n) is 2.09. The molecule has 1 aromatic rings. The third-order valence-electron chi connectivity index (χ3n) is 3.38. The number of hydrogen-bond acceptors (Lipinski definition) is 4. The molecular weight excluding hydrogens is 238 g/mol. The van der Waals surface area contributed by atoms with E-state index < -0.39 is 0 Å². The first-order valence-electron chi connectivity index (χ1n) is 6.07. The molecule has 4 nitrogen and oxygen atoms in total. The van der Waals surface area contributed by atoms with Gasteiger partial charge >= 0.3 is 0 Å². The van der Waals surface area contributed by atoms with Gasteiger partial charge in [-0.05, 0) is 18.3 Å². The van der Waals surface area contributed by atoms with Gasteiger partial charge in [-0.15, -0.1) is 12.4 Å². The second kappa shape index (κ2) is 5.36. The number of halogens is 1. The van der Waals surface area contributed by atoms with E-state index in [1.807, 2.05) is 0 Å². The zero-order valence-electron chi connectivity index (χ0n) is 10.8. The Labute approximate surface area is 109 Å². The number of hydrogen-bond donors (Lipinski definition) is 1. The molecule has 0 spiro atoms. The Bertz CT molecular complexity index is 353. The van der Waals surface area contributed by atoms with Gasteiger partial charge in [-0.25, -0.2) is 0 Å². The Kier molecular flexibility index (Phi) is 4.55. The van der Waals surface area contributed by atoms with E-state index in [1.54, 1.807) is 0 Å². The highest BCUT2D eigenvalue weighted by Gasteiger charge is 2.29. The van der Waals surface area contributed by atoms with Crippen LogP contribution in [0.1, 0.15) is 70.1 Å². The van der Waals surface area contributed by atoms with Gasteiger partial charge in [0.1, 0.15) is 0 Å². The SMILES string of the molecule is CC(C)(C)[C@H](N)c1nc(C2CCCC2)no1.Cl. The highest BCUT2D eigenvalue weighted by atomic mass is 35.5. The third-order valence-corrected chi connectivity index (χ3v) is 3.38. The third kappa shape index (κ3) is 3.19. The predicted molar refractivity (Wildman–Crippen MR) is 69.1 cm³/mol. The van der Waals surface area contributed by atoms with Crippen LogP contribution in [0.15, 0.2) is 4.52 Å². The summed E-state index contributed by atoms with van der Waals surface area (Å²) in [5.74, 6) is 1.92. The lowest BCUT2D eigenvalue weighted by Crippen LogP contribution is -2.26. The monoisotopic (exact) mass is 259 g/mol. The standard InChI is InChI=1S/C12H21N3O.ClH/c1-12(2,3)9(13)11-14-10(15-16-11)8-6-4-5-7-8;/h8-9H,4-7,13H2,1-3H3;1H/t9-;/m1./s1. The van der Waals surface area contributed by atoms with Crippen molar-refractivity contribution in [1.82, 2.24) is 10.1 Å². The van der Waals surface area contributed by atoms with Crippen LogP contribution in [0.25, 0.3) is 0 Å². The molecule has 5 heteroatoms. The Morgan fingerprint density at radius 2 is 1.88 bits per heavy atom. The van der Waals surface area contributed by atoms with Crippen molar-refractivity contribution in [2.24, 2.45) is 11.1 Å². The summed E-state index contributed by atoms with van der Waals surface area (Å²) in [6.45, 7) is 6.24. The smallest absolute Gasteiger partial charge is 0.244 e. The maximum absolute atomic E-state index is 6.09. The molecule has 2 rings (SSSR count). The molecule has 0 aromatic carbocycles. The molecule has 98 valence electrons. The summed E-state index contributed by atoms with van der Waals surface area (Å²) < 4.78 is 5.28. The van der Waals surface area contributed by atoms with Crippen LogP contribution in [-0.2, 0) is 0 Å². The van der Waals surface area contributed by atoms with Gasteiger partial charge in [0.05, 0.1) is 6.04 Å². The van der Waals surface area contributed by atoms with Gasteiger partial charge < -0.3 is 10.3 Å². The van der Waals surface area contributed by atoms with Crippen LogP contribution in [0.5, 0.6) is 0 Å². The van der Waals surface area contributed by atoms with Crippen LogP contribution in [-0.4, -0.2) is 10.1 Å². The van der Waals surface area contributed by atoms with Crippen molar-refractivity contribution in [3.8, 4) is 0 Å². The van der Waals surface area contributed by atoms with Crippen molar-refractivity contribution < 1.29 is 4.52 Å². The first-order chi connectivity index (χ1) is 7.48. The lowest BCUT2D eigenvalue weighted by Gasteiger charge is -2.23. The van der Waals surface area contributed by atoms with E-state index in [4.69, 9.17) is 10.3 Å². The summed E-state index contributed by atoms with van der Waals surface area (Å²) in [5, 5.41) is 4.07. The van der Waals surface area contributed by atoms with Gasteiger partial charge in [0.2, 0.25) is 5.89 Å². The summed E-state index contributed by atoms with van der Waals surface area (Å²) in [4.78, 5) is 4.46. The number of rotatable bonds is 2. The zero-order chi connectivity index (χ0) is 11.8. The molecule has 0 bridgehead atoms. The Morgan fingerprint density at radius 1 is 1.29 bits per heavy atom. The average Bonchev–Trinajstić information content (AvgIpc) is 2.85. The summed E-state index contributed by atoms with van der Waals surface area (Å²) in [5.41, 5.74) is 6.05. The van der Waals surface area contributed by atoms with Gasteiger partial charge in [-0.1, -0.05) is 38.8 Å². The van der Waals surface area contributed by atoms with Crippen molar-refractivity contribution in [2.45, 2.75) is 58.4 Å². The van der Waals surface area contributed by atoms with Gasteiger partial charge in [-0.2, -0.15) is 4.98 Å². The van der Waals surface area contributed by atoms with Crippen LogP contribution in [0.2, 0.25) is 0 Å². The fraction of sp³-hybridized carbons (Fsp3) is 0.833. The fourth-order valence-corrected chi connectivity index (χ4v) is 2.09. The van der Waals surface area contributed by atoms with Crippen LogP contribution >= 0.6 is 12.4 Å². The first kappa shape index (κ1) is 14.5. The van der Waals surface area contributed by atoms with Gasteiger partial charge in [-0.3, -0.25) is 0 Å².